The Labute approximate surface area is 100 Å². The highest BCUT2D eigenvalue weighted by molar-refractivity contribution is 5.55. The van der Waals surface area contributed by atoms with Crippen molar-refractivity contribution in [2.24, 2.45) is 0 Å². The van der Waals surface area contributed by atoms with E-state index in [4.69, 9.17) is 15.2 Å². The number of nitrogens with two attached hydrogens (primary N) is 1. The highest BCUT2D eigenvalue weighted by Crippen LogP contribution is 2.27. The molecule has 2 N–H and O–H groups in total. The Bertz CT molecular complexity index is 509. The van der Waals surface area contributed by atoms with Crippen molar-refractivity contribution in [1.29, 1.82) is 0 Å². The average Bonchev–Trinajstić information content (AvgIpc) is 2.34. The minimum Gasteiger partial charge on any atom is -0.495 e. The molecule has 0 saturated heterocycles. The van der Waals surface area contributed by atoms with Crippen LogP contribution in [0.15, 0.2) is 36.5 Å². The fourth-order valence-electron chi connectivity index (χ4n) is 1.42. The summed E-state index contributed by atoms with van der Waals surface area (Å²) in [6, 6.07) is 9.15. The van der Waals surface area contributed by atoms with Crippen molar-refractivity contribution in [3.63, 3.8) is 0 Å². The molecule has 2 rings (SSSR count). The number of hydrogen-bond acceptors (Lipinski definition) is 4. The summed E-state index contributed by atoms with van der Waals surface area (Å²) in [5.41, 5.74) is 7.54. The second kappa shape index (κ2) is 4.74. The zero-order valence-corrected chi connectivity index (χ0v) is 9.81. The fourth-order valence-corrected chi connectivity index (χ4v) is 1.42. The topological polar surface area (TPSA) is 57.4 Å². The molecule has 1 aromatic heterocycles. The molecule has 2 aromatic rings. The zero-order chi connectivity index (χ0) is 12.3. The van der Waals surface area contributed by atoms with Crippen LogP contribution in [0.5, 0.6) is 17.4 Å². The maximum Gasteiger partial charge on any atom is 0.219 e. The first-order chi connectivity index (χ1) is 8.19. The molecule has 0 aliphatic rings. The lowest BCUT2D eigenvalue weighted by Crippen LogP contribution is -1.94. The molecule has 0 radical (unpaired) electrons. The van der Waals surface area contributed by atoms with E-state index in [2.05, 4.69) is 4.98 Å². The number of ether oxygens (including phenoxy) is 2. The van der Waals surface area contributed by atoms with Crippen LogP contribution in [0.2, 0.25) is 0 Å². The van der Waals surface area contributed by atoms with E-state index < -0.39 is 0 Å². The van der Waals surface area contributed by atoms with Gasteiger partial charge >= 0.3 is 0 Å². The second-order valence-corrected chi connectivity index (χ2v) is 3.68. The van der Waals surface area contributed by atoms with Crippen LogP contribution in [0, 0.1) is 6.92 Å². The Morgan fingerprint density at radius 1 is 1.18 bits per heavy atom. The number of nitrogen functional groups attached to an aromatic ring is 1. The van der Waals surface area contributed by atoms with Crippen molar-refractivity contribution in [1.82, 2.24) is 4.98 Å². The first-order valence-electron chi connectivity index (χ1n) is 5.23. The molecule has 17 heavy (non-hydrogen) atoms. The van der Waals surface area contributed by atoms with Gasteiger partial charge in [-0.25, -0.2) is 4.98 Å². The van der Waals surface area contributed by atoms with Crippen LogP contribution in [0.25, 0.3) is 0 Å². The standard InChI is InChI=1S/C13H14N2O2/c1-9-3-5-12(11(14)7-9)17-13-6-4-10(16-2)8-15-13/h3-8H,14H2,1-2H3. The van der Waals surface area contributed by atoms with Crippen molar-refractivity contribution in [3.8, 4) is 17.4 Å². The van der Waals surface area contributed by atoms with Gasteiger partial charge in [0.2, 0.25) is 5.88 Å². The van der Waals surface area contributed by atoms with Gasteiger partial charge in [-0.1, -0.05) is 6.07 Å². The molecule has 0 atom stereocenters. The molecular weight excluding hydrogens is 216 g/mol. The zero-order valence-electron chi connectivity index (χ0n) is 9.81. The van der Waals surface area contributed by atoms with Crippen molar-refractivity contribution in [2.75, 3.05) is 12.8 Å². The number of rotatable bonds is 3. The van der Waals surface area contributed by atoms with Crippen LogP contribution >= 0.6 is 0 Å². The number of anilines is 1. The van der Waals surface area contributed by atoms with Gasteiger partial charge in [0.1, 0.15) is 5.75 Å². The van der Waals surface area contributed by atoms with E-state index in [1.54, 1.807) is 25.4 Å². The van der Waals surface area contributed by atoms with Crippen molar-refractivity contribution < 1.29 is 9.47 Å². The molecule has 0 aliphatic heterocycles. The Kier molecular flexibility index (Phi) is 3.14. The SMILES string of the molecule is COc1ccc(Oc2ccc(C)cc2N)nc1. The third-order valence-corrected chi connectivity index (χ3v) is 2.32. The Morgan fingerprint density at radius 2 is 2.00 bits per heavy atom. The van der Waals surface area contributed by atoms with Gasteiger partial charge in [0.25, 0.3) is 0 Å². The van der Waals surface area contributed by atoms with Crippen molar-refractivity contribution in [3.05, 3.63) is 42.1 Å². The number of benzene rings is 1. The van der Waals surface area contributed by atoms with Gasteiger partial charge in [0.15, 0.2) is 5.75 Å². The van der Waals surface area contributed by atoms with Gasteiger partial charge in [0, 0.05) is 6.07 Å². The van der Waals surface area contributed by atoms with Gasteiger partial charge in [-0.15, -0.1) is 0 Å². The smallest absolute Gasteiger partial charge is 0.219 e. The molecule has 4 heteroatoms. The molecule has 0 bridgehead atoms. The van der Waals surface area contributed by atoms with Gasteiger partial charge in [-0.05, 0) is 30.7 Å². The van der Waals surface area contributed by atoms with E-state index in [-0.39, 0.29) is 0 Å². The lowest BCUT2D eigenvalue weighted by atomic mass is 10.2. The summed E-state index contributed by atoms with van der Waals surface area (Å²) < 4.78 is 10.6. The van der Waals surface area contributed by atoms with Crippen LogP contribution in [0.1, 0.15) is 5.56 Å². The fraction of sp³-hybridized carbons (Fsp3) is 0.154. The van der Waals surface area contributed by atoms with Gasteiger partial charge < -0.3 is 15.2 Å². The predicted octanol–water partition coefficient (Wildman–Crippen LogP) is 2.77. The molecule has 0 amide bonds. The van der Waals surface area contributed by atoms with Gasteiger partial charge in [-0.2, -0.15) is 0 Å². The molecule has 0 saturated carbocycles. The predicted molar refractivity (Wildman–Crippen MR) is 66.5 cm³/mol. The van der Waals surface area contributed by atoms with E-state index in [1.807, 2.05) is 25.1 Å². The first-order valence-corrected chi connectivity index (χ1v) is 5.23. The third-order valence-electron chi connectivity index (χ3n) is 2.32. The molecule has 0 aliphatic carbocycles. The van der Waals surface area contributed by atoms with Crippen LogP contribution in [-0.4, -0.2) is 12.1 Å². The van der Waals surface area contributed by atoms with E-state index in [0.717, 1.165) is 5.56 Å². The van der Waals surface area contributed by atoms with E-state index >= 15 is 0 Å². The lowest BCUT2D eigenvalue weighted by Gasteiger charge is -2.08. The summed E-state index contributed by atoms with van der Waals surface area (Å²) >= 11 is 0. The van der Waals surface area contributed by atoms with Crippen molar-refractivity contribution in [2.45, 2.75) is 6.92 Å². The maximum atomic E-state index is 5.85. The molecule has 1 heterocycles. The Balaban J connectivity index is 2.19. The van der Waals surface area contributed by atoms with E-state index in [0.29, 0.717) is 23.1 Å². The van der Waals surface area contributed by atoms with Crippen LogP contribution in [0.4, 0.5) is 5.69 Å². The van der Waals surface area contributed by atoms with Crippen LogP contribution in [-0.2, 0) is 0 Å². The highest BCUT2D eigenvalue weighted by atomic mass is 16.5. The summed E-state index contributed by atoms with van der Waals surface area (Å²) in [5.74, 6) is 1.78. The molecule has 0 unspecified atom stereocenters. The normalized spacial score (nSPS) is 10.0. The van der Waals surface area contributed by atoms with Crippen LogP contribution < -0.4 is 15.2 Å². The van der Waals surface area contributed by atoms with Gasteiger partial charge in [-0.3, -0.25) is 0 Å². The van der Waals surface area contributed by atoms with E-state index in [9.17, 15) is 0 Å². The molecule has 0 fully saturated rings. The third kappa shape index (κ3) is 2.66. The van der Waals surface area contributed by atoms with Gasteiger partial charge in [0.05, 0.1) is 19.0 Å². The minimum absolute atomic E-state index is 0.487. The monoisotopic (exact) mass is 230 g/mol. The second-order valence-electron chi connectivity index (χ2n) is 3.68. The summed E-state index contributed by atoms with van der Waals surface area (Å²) in [6.45, 7) is 1.98. The summed E-state index contributed by atoms with van der Waals surface area (Å²) in [7, 11) is 1.59. The highest BCUT2D eigenvalue weighted by Gasteiger charge is 2.03. The summed E-state index contributed by atoms with van der Waals surface area (Å²) in [4.78, 5) is 4.11. The number of nitrogens with zero attached hydrogens (tertiary/aromatic N) is 1. The molecule has 4 nitrogen and oxygen atoms in total. The Morgan fingerprint density at radius 3 is 2.59 bits per heavy atom. The summed E-state index contributed by atoms with van der Waals surface area (Å²) in [6.07, 6.45) is 1.60. The van der Waals surface area contributed by atoms with Crippen LogP contribution in [0.3, 0.4) is 0 Å². The molecule has 1 aromatic carbocycles. The molecule has 88 valence electrons. The number of methoxy groups -OCH3 is 1. The van der Waals surface area contributed by atoms with Crippen molar-refractivity contribution >= 4 is 5.69 Å². The number of aromatic nitrogens is 1. The minimum atomic E-state index is 0.487. The largest absolute Gasteiger partial charge is 0.495 e. The molecular formula is C13H14N2O2. The number of hydrogen-bond donors (Lipinski definition) is 1. The summed E-state index contributed by atoms with van der Waals surface area (Å²) in [5, 5.41) is 0. The lowest BCUT2D eigenvalue weighted by molar-refractivity contribution is 0.408. The number of pyridine rings is 1. The first kappa shape index (κ1) is 11.3. The maximum absolute atomic E-state index is 5.85. The Hall–Kier alpha value is -2.23. The quantitative estimate of drug-likeness (QED) is 0.824. The average molecular weight is 230 g/mol. The van der Waals surface area contributed by atoms with E-state index in [1.165, 1.54) is 0 Å². The number of aryl methyl sites for hydroxylation is 1. The molecule has 0 spiro atoms.